The summed E-state index contributed by atoms with van der Waals surface area (Å²) in [6.07, 6.45) is 0. The zero-order chi connectivity index (χ0) is 15.6. The summed E-state index contributed by atoms with van der Waals surface area (Å²) in [5.41, 5.74) is 5.66. The van der Waals surface area contributed by atoms with Gasteiger partial charge in [-0.2, -0.15) is 5.26 Å². The Bertz CT molecular complexity index is 679. The molecule has 0 amide bonds. The van der Waals surface area contributed by atoms with Gasteiger partial charge in [0.05, 0.1) is 11.3 Å². The number of hydrogen-bond donors (Lipinski definition) is 0. The highest BCUT2D eigenvalue weighted by atomic mass is 15.1. The summed E-state index contributed by atoms with van der Waals surface area (Å²) in [6.45, 7) is 6.13. The summed E-state index contributed by atoms with van der Waals surface area (Å²) in [5, 5.41) is 9.31. The van der Waals surface area contributed by atoms with Gasteiger partial charge >= 0.3 is 0 Å². The first-order valence-electron chi connectivity index (χ1n) is 7.09. The van der Waals surface area contributed by atoms with Crippen molar-refractivity contribution in [3.8, 4) is 17.3 Å². The van der Waals surface area contributed by atoms with E-state index < -0.39 is 0 Å². The van der Waals surface area contributed by atoms with E-state index in [2.05, 4.69) is 49.1 Å². The lowest BCUT2D eigenvalue weighted by atomic mass is 10.0. The van der Waals surface area contributed by atoms with Gasteiger partial charge < -0.3 is 4.90 Å². The molecule has 1 aromatic carbocycles. The fourth-order valence-corrected chi connectivity index (χ4v) is 2.23. The molecule has 0 spiro atoms. The molecule has 0 aliphatic heterocycles. The van der Waals surface area contributed by atoms with E-state index in [9.17, 15) is 5.26 Å². The van der Waals surface area contributed by atoms with E-state index in [4.69, 9.17) is 0 Å². The van der Waals surface area contributed by atoms with Gasteiger partial charge in [0.25, 0.3) is 0 Å². The summed E-state index contributed by atoms with van der Waals surface area (Å²) >= 11 is 0. The highest BCUT2D eigenvalue weighted by Gasteiger charge is 2.11. The molecule has 0 saturated heterocycles. The van der Waals surface area contributed by atoms with Crippen molar-refractivity contribution in [3.63, 3.8) is 0 Å². The van der Waals surface area contributed by atoms with Crippen molar-refractivity contribution in [2.75, 3.05) is 14.1 Å². The number of pyridine rings is 1. The molecule has 1 heterocycles. The summed E-state index contributed by atoms with van der Waals surface area (Å²) in [6, 6.07) is 12.8. The smallest absolute Gasteiger partial charge is 0.101 e. The van der Waals surface area contributed by atoms with Crippen LogP contribution in [0.4, 0.5) is 0 Å². The molecule has 0 radical (unpaired) electrons. The monoisotopic (exact) mass is 279 g/mol. The molecule has 0 N–H and O–H groups in total. The Labute approximate surface area is 126 Å². The van der Waals surface area contributed by atoms with Crippen molar-refractivity contribution < 1.29 is 0 Å². The number of hydrogen-bond acceptors (Lipinski definition) is 3. The van der Waals surface area contributed by atoms with Crippen LogP contribution in [0, 0.1) is 25.2 Å². The lowest BCUT2D eigenvalue weighted by Crippen LogP contribution is -2.16. The Morgan fingerprint density at radius 2 is 1.76 bits per heavy atom. The van der Waals surface area contributed by atoms with Crippen molar-refractivity contribution in [2.24, 2.45) is 0 Å². The number of benzene rings is 1. The second-order valence-electron chi connectivity index (χ2n) is 5.66. The molecule has 2 aromatic rings. The second-order valence-corrected chi connectivity index (χ2v) is 5.66. The Morgan fingerprint density at radius 1 is 1.14 bits per heavy atom. The quantitative estimate of drug-likeness (QED) is 0.856. The van der Waals surface area contributed by atoms with E-state index in [0.29, 0.717) is 11.6 Å². The van der Waals surface area contributed by atoms with Gasteiger partial charge in [-0.1, -0.05) is 24.3 Å². The topological polar surface area (TPSA) is 39.9 Å². The molecule has 0 saturated carbocycles. The van der Waals surface area contributed by atoms with Gasteiger partial charge in [0.2, 0.25) is 0 Å². The summed E-state index contributed by atoms with van der Waals surface area (Å²) in [5.74, 6) is 0. The molecule has 1 atom stereocenters. The van der Waals surface area contributed by atoms with Crippen molar-refractivity contribution >= 4 is 0 Å². The van der Waals surface area contributed by atoms with E-state index in [0.717, 1.165) is 22.5 Å². The van der Waals surface area contributed by atoms with E-state index in [1.165, 1.54) is 5.56 Å². The van der Waals surface area contributed by atoms with Gasteiger partial charge in [-0.25, -0.2) is 0 Å². The standard InChI is InChI=1S/C18H21N3/c1-12-10-17(11-19)18(20-13(12)2)16-8-6-15(7-9-16)14(3)21(4)5/h6-10,14H,1-5H3/t14-/m1/s1. The van der Waals surface area contributed by atoms with Crippen LogP contribution in [0.25, 0.3) is 11.3 Å². The maximum Gasteiger partial charge on any atom is 0.101 e. The third-order valence-corrected chi connectivity index (χ3v) is 4.03. The molecule has 0 fully saturated rings. The first-order chi connectivity index (χ1) is 9.93. The number of rotatable bonds is 3. The predicted molar refractivity (Wildman–Crippen MR) is 86.0 cm³/mol. The maximum atomic E-state index is 9.31. The molecule has 0 aliphatic rings. The van der Waals surface area contributed by atoms with Crippen LogP contribution in [0.3, 0.4) is 0 Å². The Kier molecular flexibility index (Phi) is 4.40. The summed E-state index contributed by atoms with van der Waals surface area (Å²) in [4.78, 5) is 6.76. The molecule has 21 heavy (non-hydrogen) atoms. The number of aromatic nitrogens is 1. The predicted octanol–water partition coefficient (Wildman–Crippen LogP) is 3.86. The van der Waals surface area contributed by atoms with Crippen molar-refractivity contribution in [1.29, 1.82) is 5.26 Å². The third kappa shape index (κ3) is 3.12. The van der Waals surface area contributed by atoms with Crippen molar-refractivity contribution in [2.45, 2.75) is 26.8 Å². The fraction of sp³-hybridized carbons (Fsp3) is 0.333. The van der Waals surface area contributed by atoms with E-state index in [1.807, 2.05) is 32.0 Å². The molecule has 108 valence electrons. The maximum absolute atomic E-state index is 9.31. The van der Waals surface area contributed by atoms with Gasteiger partial charge in [0.15, 0.2) is 0 Å². The van der Waals surface area contributed by atoms with Crippen LogP contribution in [0.2, 0.25) is 0 Å². The van der Waals surface area contributed by atoms with Gasteiger partial charge in [-0.3, -0.25) is 4.98 Å². The normalized spacial score (nSPS) is 12.2. The third-order valence-electron chi connectivity index (χ3n) is 4.03. The highest BCUT2D eigenvalue weighted by molar-refractivity contribution is 5.67. The number of nitrogens with zero attached hydrogens (tertiary/aromatic N) is 3. The number of nitriles is 1. The summed E-state index contributed by atoms with van der Waals surface area (Å²) in [7, 11) is 4.13. The average molecular weight is 279 g/mol. The average Bonchev–Trinajstić information content (AvgIpc) is 2.49. The lowest BCUT2D eigenvalue weighted by Gasteiger charge is -2.20. The summed E-state index contributed by atoms with van der Waals surface area (Å²) < 4.78 is 0. The first kappa shape index (κ1) is 15.2. The van der Waals surface area contributed by atoms with Crippen LogP contribution in [-0.2, 0) is 0 Å². The number of aryl methyl sites for hydroxylation is 2. The Balaban J connectivity index is 2.44. The molecule has 2 rings (SSSR count). The van der Waals surface area contributed by atoms with Crippen LogP contribution in [0.5, 0.6) is 0 Å². The molecule has 0 aliphatic carbocycles. The molecule has 0 bridgehead atoms. The molecular weight excluding hydrogens is 258 g/mol. The Morgan fingerprint density at radius 3 is 2.29 bits per heavy atom. The van der Waals surface area contributed by atoms with Crippen molar-refractivity contribution in [3.05, 3.63) is 52.7 Å². The van der Waals surface area contributed by atoms with Gasteiger partial charge in [-0.05, 0) is 52.1 Å². The van der Waals surface area contributed by atoms with Gasteiger partial charge in [-0.15, -0.1) is 0 Å². The van der Waals surface area contributed by atoms with Gasteiger partial charge in [0.1, 0.15) is 6.07 Å². The first-order valence-corrected chi connectivity index (χ1v) is 7.09. The van der Waals surface area contributed by atoms with Crippen LogP contribution in [-0.4, -0.2) is 24.0 Å². The zero-order valence-electron chi connectivity index (χ0n) is 13.3. The van der Waals surface area contributed by atoms with E-state index in [-0.39, 0.29) is 0 Å². The second kappa shape index (κ2) is 6.07. The van der Waals surface area contributed by atoms with E-state index >= 15 is 0 Å². The van der Waals surface area contributed by atoms with Crippen LogP contribution in [0.15, 0.2) is 30.3 Å². The largest absolute Gasteiger partial charge is 0.303 e. The van der Waals surface area contributed by atoms with Crippen LogP contribution < -0.4 is 0 Å². The van der Waals surface area contributed by atoms with Crippen LogP contribution in [0.1, 0.15) is 35.3 Å². The molecule has 0 unspecified atom stereocenters. The SMILES string of the molecule is Cc1cc(C#N)c(-c2ccc([C@@H](C)N(C)C)cc2)nc1C. The molecule has 1 aromatic heterocycles. The molecule has 3 nitrogen and oxygen atoms in total. The lowest BCUT2D eigenvalue weighted by molar-refractivity contribution is 0.321. The minimum Gasteiger partial charge on any atom is -0.303 e. The van der Waals surface area contributed by atoms with Crippen molar-refractivity contribution in [1.82, 2.24) is 9.88 Å². The van der Waals surface area contributed by atoms with Crippen LogP contribution >= 0.6 is 0 Å². The molecule has 3 heteroatoms. The Hall–Kier alpha value is -2.18. The molecular formula is C18H21N3. The highest BCUT2D eigenvalue weighted by Crippen LogP contribution is 2.26. The zero-order valence-corrected chi connectivity index (χ0v) is 13.3. The van der Waals surface area contributed by atoms with E-state index in [1.54, 1.807) is 0 Å². The minimum absolute atomic E-state index is 0.363. The minimum atomic E-state index is 0.363. The fourth-order valence-electron chi connectivity index (χ4n) is 2.23. The van der Waals surface area contributed by atoms with Gasteiger partial charge in [0, 0.05) is 17.3 Å².